The molecule has 0 bridgehead atoms. The Morgan fingerprint density at radius 3 is 2.56 bits per heavy atom. The molecule has 0 spiro atoms. The molecule has 1 aromatic rings. The van der Waals surface area contributed by atoms with Crippen LogP contribution in [0, 0.1) is 17.8 Å². The van der Waals surface area contributed by atoms with Crippen molar-refractivity contribution in [3.63, 3.8) is 0 Å². The Bertz CT molecular complexity index is 730. The second-order valence-corrected chi connectivity index (χ2v) is 6.78. The lowest BCUT2D eigenvalue weighted by molar-refractivity contribution is -0.152. The fraction of sp³-hybridized carbons (Fsp3) is 0.421. The smallest absolute Gasteiger partial charge is 0.325 e. The fourth-order valence-electron chi connectivity index (χ4n) is 4.04. The maximum atomic E-state index is 12.4. The predicted molar refractivity (Wildman–Crippen MR) is 92.4 cm³/mol. The van der Waals surface area contributed by atoms with Crippen LogP contribution >= 0.6 is 0 Å². The molecule has 5 atom stereocenters. The summed E-state index contributed by atoms with van der Waals surface area (Å²) in [4.78, 5) is 36.8. The third-order valence-corrected chi connectivity index (χ3v) is 5.51. The maximum Gasteiger partial charge on any atom is 0.325 e. The average Bonchev–Trinajstić information content (AvgIpc) is 3.10. The van der Waals surface area contributed by atoms with Crippen molar-refractivity contribution in [3.05, 3.63) is 42.0 Å². The van der Waals surface area contributed by atoms with E-state index in [4.69, 9.17) is 0 Å². The van der Waals surface area contributed by atoms with E-state index in [-0.39, 0.29) is 5.92 Å². The van der Waals surface area contributed by atoms with Gasteiger partial charge in [-0.3, -0.25) is 25.0 Å². The number of aliphatic carboxylic acids is 1. The van der Waals surface area contributed by atoms with Gasteiger partial charge in [-0.25, -0.2) is 0 Å². The highest BCUT2D eigenvalue weighted by Gasteiger charge is 2.67. The first kappa shape index (κ1) is 17.4. The quantitative estimate of drug-likeness (QED) is 0.704. The van der Waals surface area contributed by atoms with Crippen LogP contribution in [0.3, 0.4) is 0 Å². The van der Waals surface area contributed by atoms with Crippen molar-refractivity contribution >= 4 is 23.9 Å². The molecule has 2 amide bonds. The highest BCUT2D eigenvalue weighted by atomic mass is 16.4. The number of carbonyl (C=O) groups is 3. The van der Waals surface area contributed by atoms with Gasteiger partial charge in [-0.1, -0.05) is 62.8 Å². The summed E-state index contributed by atoms with van der Waals surface area (Å²) in [6.45, 7) is 3.69. The summed E-state index contributed by atoms with van der Waals surface area (Å²) in [6.07, 6.45) is 4.22. The van der Waals surface area contributed by atoms with Crippen LogP contribution in [0.4, 0.5) is 0 Å². The molecule has 132 valence electrons. The zero-order valence-corrected chi connectivity index (χ0v) is 14.2. The van der Waals surface area contributed by atoms with Gasteiger partial charge in [-0.2, -0.15) is 0 Å². The minimum absolute atomic E-state index is 0.302. The van der Waals surface area contributed by atoms with Crippen molar-refractivity contribution in [2.24, 2.45) is 17.8 Å². The molecule has 2 aliphatic rings. The highest BCUT2D eigenvalue weighted by Crippen LogP contribution is 2.45. The molecule has 6 nitrogen and oxygen atoms in total. The van der Waals surface area contributed by atoms with Gasteiger partial charge in [0.1, 0.15) is 5.54 Å². The van der Waals surface area contributed by atoms with Gasteiger partial charge in [-0.15, -0.1) is 0 Å². The van der Waals surface area contributed by atoms with E-state index in [0.29, 0.717) is 6.42 Å². The number of carbonyl (C=O) groups excluding carboxylic acids is 2. The van der Waals surface area contributed by atoms with Crippen molar-refractivity contribution in [2.45, 2.75) is 31.8 Å². The molecule has 3 N–H and O–H groups in total. The highest BCUT2D eigenvalue weighted by molar-refractivity contribution is 6.09. The molecular formula is C19H22N2O4. The van der Waals surface area contributed by atoms with Gasteiger partial charge in [0, 0.05) is 6.04 Å². The summed E-state index contributed by atoms with van der Waals surface area (Å²) < 4.78 is 0. The number of fused-ring (bicyclic) bond motifs is 1. The molecular weight excluding hydrogens is 320 g/mol. The maximum absolute atomic E-state index is 12.4. The van der Waals surface area contributed by atoms with Gasteiger partial charge in [0.05, 0.1) is 11.8 Å². The summed E-state index contributed by atoms with van der Waals surface area (Å²) in [7, 11) is 0. The molecule has 2 heterocycles. The molecule has 1 aromatic carbocycles. The van der Waals surface area contributed by atoms with E-state index >= 15 is 0 Å². The minimum atomic E-state index is -1.44. The first-order valence-electron chi connectivity index (χ1n) is 8.50. The van der Waals surface area contributed by atoms with Gasteiger partial charge >= 0.3 is 5.97 Å². The molecule has 0 aliphatic carbocycles. The Morgan fingerprint density at radius 1 is 1.28 bits per heavy atom. The minimum Gasteiger partial charge on any atom is -0.480 e. The van der Waals surface area contributed by atoms with Crippen LogP contribution in [0.1, 0.15) is 25.8 Å². The van der Waals surface area contributed by atoms with E-state index in [1.165, 1.54) is 0 Å². The van der Waals surface area contributed by atoms with E-state index in [9.17, 15) is 19.5 Å². The Kier molecular flexibility index (Phi) is 4.47. The second-order valence-electron chi connectivity index (χ2n) is 6.78. The van der Waals surface area contributed by atoms with Gasteiger partial charge in [0.2, 0.25) is 11.8 Å². The zero-order valence-electron chi connectivity index (χ0n) is 14.2. The van der Waals surface area contributed by atoms with Crippen LogP contribution in [0.15, 0.2) is 36.4 Å². The SMILES string of the molecule is CCC(C)C1(C(=O)O)NC(C=Cc2ccccc2)C2C(=O)NC(=O)C21. The molecule has 6 heteroatoms. The van der Waals surface area contributed by atoms with E-state index in [1.54, 1.807) is 13.0 Å². The van der Waals surface area contributed by atoms with Crippen molar-refractivity contribution in [1.29, 1.82) is 0 Å². The lowest BCUT2D eigenvalue weighted by Gasteiger charge is -2.35. The lowest BCUT2D eigenvalue weighted by Crippen LogP contribution is -2.60. The van der Waals surface area contributed by atoms with Crippen LogP contribution in [-0.2, 0) is 14.4 Å². The summed E-state index contributed by atoms with van der Waals surface area (Å²) in [5, 5.41) is 15.4. The summed E-state index contributed by atoms with van der Waals surface area (Å²) in [5.74, 6) is -3.91. The molecule has 0 aromatic heterocycles. The molecule has 0 saturated carbocycles. The predicted octanol–water partition coefficient (Wildman–Crippen LogP) is 1.43. The first-order valence-corrected chi connectivity index (χ1v) is 8.50. The van der Waals surface area contributed by atoms with Crippen LogP contribution < -0.4 is 10.6 Å². The van der Waals surface area contributed by atoms with E-state index in [1.807, 2.05) is 43.3 Å². The van der Waals surface area contributed by atoms with Crippen LogP contribution in [0.5, 0.6) is 0 Å². The number of amides is 2. The molecule has 5 unspecified atom stereocenters. The number of carboxylic acid groups (broad SMARTS) is 1. The van der Waals surface area contributed by atoms with Gasteiger partial charge in [0.15, 0.2) is 0 Å². The molecule has 2 aliphatic heterocycles. The number of nitrogens with one attached hydrogen (secondary N) is 2. The summed E-state index contributed by atoms with van der Waals surface area (Å²) in [6, 6.07) is 9.03. The van der Waals surface area contributed by atoms with Crippen LogP contribution in [-0.4, -0.2) is 34.5 Å². The number of imide groups is 1. The van der Waals surface area contributed by atoms with Crippen molar-refractivity contribution in [3.8, 4) is 0 Å². The Balaban J connectivity index is 2.01. The molecule has 0 radical (unpaired) electrons. The van der Waals surface area contributed by atoms with Gasteiger partial charge in [-0.05, 0) is 11.5 Å². The average molecular weight is 342 g/mol. The third kappa shape index (κ3) is 2.66. The van der Waals surface area contributed by atoms with Crippen molar-refractivity contribution < 1.29 is 19.5 Å². The van der Waals surface area contributed by atoms with Crippen LogP contribution in [0.2, 0.25) is 0 Å². The Labute approximate surface area is 146 Å². The topological polar surface area (TPSA) is 95.5 Å². The number of hydrogen-bond acceptors (Lipinski definition) is 4. The van der Waals surface area contributed by atoms with Crippen molar-refractivity contribution in [2.75, 3.05) is 0 Å². The van der Waals surface area contributed by atoms with Crippen molar-refractivity contribution in [1.82, 2.24) is 10.6 Å². The van der Waals surface area contributed by atoms with E-state index < -0.39 is 41.2 Å². The fourth-order valence-corrected chi connectivity index (χ4v) is 4.04. The largest absolute Gasteiger partial charge is 0.480 e. The summed E-state index contributed by atoms with van der Waals surface area (Å²) >= 11 is 0. The molecule has 25 heavy (non-hydrogen) atoms. The molecule has 2 saturated heterocycles. The monoisotopic (exact) mass is 342 g/mol. The first-order chi connectivity index (χ1) is 11.9. The number of hydrogen-bond donors (Lipinski definition) is 3. The zero-order chi connectivity index (χ0) is 18.2. The number of carboxylic acids is 1. The molecule has 3 rings (SSSR count). The van der Waals surface area contributed by atoms with Crippen LogP contribution in [0.25, 0.3) is 6.08 Å². The van der Waals surface area contributed by atoms with E-state index in [2.05, 4.69) is 10.6 Å². The Morgan fingerprint density at radius 2 is 1.96 bits per heavy atom. The number of rotatable bonds is 5. The standard InChI is InChI=1S/C19H22N2O4/c1-3-11(2)19(18(24)25)15-14(16(22)20-17(15)23)13(21-19)10-9-12-7-5-4-6-8-12/h4-11,13-15,21H,3H2,1-2H3,(H,24,25)(H,20,22,23). The summed E-state index contributed by atoms with van der Waals surface area (Å²) in [5.41, 5.74) is -0.497. The van der Waals surface area contributed by atoms with Gasteiger partial charge < -0.3 is 5.11 Å². The normalized spacial score (nSPS) is 32.6. The van der Waals surface area contributed by atoms with Gasteiger partial charge in [0.25, 0.3) is 0 Å². The number of benzene rings is 1. The second kappa shape index (κ2) is 6.44. The van der Waals surface area contributed by atoms with E-state index in [0.717, 1.165) is 5.56 Å². The molecule has 2 fully saturated rings. The Hall–Kier alpha value is -2.47. The lowest BCUT2D eigenvalue weighted by atomic mass is 9.72. The third-order valence-electron chi connectivity index (χ3n) is 5.51.